The maximum atomic E-state index is 11.1. The number of aliphatic hydroxyl groups excluding tert-OH is 1. The van der Waals surface area contributed by atoms with E-state index in [0.29, 0.717) is 104 Å². The van der Waals surface area contributed by atoms with Crippen molar-refractivity contribution in [3.8, 4) is 0 Å². The number of carboxylic acid groups (broad SMARTS) is 2. The van der Waals surface area contributed by atoms with Crippen LogP contribution >= 0.6 is 0 Å². The third-order valence-electron chi connectivity index (χ3n) is 5.75. The van der Waals surface area contributed by atoms with Crippen molar-refractivity contribution in [2.45, 2.75) is 33.0 Å². The standard InChI is InChI=1S/C26H36N4O8.C3H8O.ClHO4.Gd/c31-25(32)23-5-1-3-21(27-23)19-29-7-11-35-15-17-37-13-9-30(10-14-38-18-16-36-12-8-29)20-22-4-2-6-24(28-22)26(33)34;1-3(2)4;2-1(3,4)5;/h1-6H,7-20H2,(H,31,32)(H,33,34);3-4H,1-2H3;(H,2,3,4,5);/q;;;+3/p-3. The van der Waals surface area contributed by atoms with Crippen molar-refractivity contribution >= 4 is 11.9 Å². The average molecular weight is 847 g/mol. The van der Waals surface area contributed by atoms with Crippen LogP contribution in [0.15, 0.2) is 36.4 Å². The van der Waals surface area contributed by atoms with E-state index in [4.69, 9.17) is 42.7 Å². The molecule has 0 unspecified atom stereocenters. The first kappa shape index (κ1) is 46.4. The van der Waals surface area contributed by atoms with Crippen LogP contribution in [0.25, 0.3) is 0 Å². The molecule has 17 nitrogen and oxygen atoms in total. The zero-order valence-electron chi connectivity index (χ0n) is 26.8. The summed E-state index contributed by atoms with van der Waals surface area (Å²) in [5.74, 6) is -2.61. The minimum atomic E-state index is -4.94. The minimum Gasteiger partial charge on any atom is -0.543 e. The molecular weight excluding hydrogens is 805 g/mol. The predicted molar refractivity (Wildman–Crippen MR) is 148 cm³/mol. The van der Waals surface area contributed by atoms with Crippen LogP contribution in [0.4, 0.5) is 0 Å². The van der Waals surface area contributed by atoms with Crippen LogP contribution in [-0.4, -0.2) is 122 Å². The molecule has 2 aromatic heterocycles. The number of rotatable bonds is 6. The van der Waals surface area contributed by atoms with Gasteiger partial charge in [-0.05, 0) is 38.1 Å². The number of pyridine rings is 2. The summed E-state index contributed by atoms with van der Waals surface area (Å²) < 4.78 is 56.9. The summed E-state index contributed by atoms with van der Waals surface area (Å²) in [5.41, 5.74) is 1.08. The molecule has 0 aliphatic carbocycles. The van der Waals surface area contributed by atoms with Gasteiger partial charge in [0.2, 0.25) is 0 Å². The predicted octanol–water partition coefficient (Wildman–Crippen LogP) is -5.78. The zero-order chi connectivity index (χ0) is 35.1. The fourth-order valence-electron chi connectivity index (χ4n) is 3.78. The number of carbonyl (C=O) groups is 2. The number of carbonyl (C=O) groups excluding carboxylic acids is 2. The van der Waals surface area contributed by atoms with Crippen LogP contribution < -0.4 is 28.8 Å². The van der Waals surface area contributed by atoms with Gasteiger partial charge >= 0.3 is 39.9 Å². The van der Waals surface area contributed by atoms with E-state index < -0.39 is 22.2 Å². The molecule has 0 bridgehead atoms. The van der Waals surface area contributed by atoms with Gasteiger partial charge in [0.05, 0.1) is 87.6 Å². The normalized spacial score (nSPS) is 16.5. The van der Waals surface area contributed by atoms with E-state index in [1.165, 1.54) is 12.1 Å². The van der Waals surface area contributed by atoms with Gasteiger partial charge in [-0.25, -0.2) is 18.6 Å². The summed E-state index contributed by atoms with van der Waals surface area (Å²) in [7, 11) is -4.94. The Morgan fingerprint density at radius 2 is 0.958 bits per heavy atom. The molecular formula is C29H42ClGdN4O13. The number of hydrogen-bond donors (Lipinski definition) is 1. The summed E-state index contributed by atoms with van der Waals surface area (Å²) in [5, 5.41) is 30.3. The first-order valence-electron chi connectivity index (χ1n) is 14.6. The van der Waals surface area contributed by atoms with E-state index in [-0.39, 0.29) is 57.4 Å². The molecule has 0 atom stereocenters. The molecule has 1 aliphatic heterocycles. The number of nitrogens with zero attached hydrogens (tertiary/aromatic N) is 4. The first-order chi connectivity index (χ1) is 22.2. The molecule has 1 aliphatic rings. The fraction of sp³-hybridized carbons (Fsp3) is 0.586. The molecule has 2 aromatic rings. The Labute approximate surface area is 313 Å². The molecule has 271 valence electrons. The van der Waals surface area contributed by atoms with E-state index in [2.05, 4.69) is 19.8 Å². The molecule has 19 heteroatoms. The SMILES string of the molecule is CC(C)O.O=C([O-])c1cccc(CN2CCOCCOCCN(Cc3cccc(C(=O)[O-])n3)CCOCCOCC2)n1.[Gd+3].[O-][Cl+3]([O-])([O-])[O-]. The summed E-state index contributed by atoms with van der Waals surface area (Å²) in [6.45, 7) is 10.4. The first-order valence-corrected chi connectivity index (χ1v) is 15.9. The van der Waals surface area contributed by atoms with Crippen LogP contribution in [0.2, 0.25) is 0 Å². The number of aromatic nitrogens is 2. The van der Waals surface area contributed by atoms with Gasteiger partial charge in [0, 0.05) is 45.4 Å². The number of halogens is 1. The Morgan fingerprint density at radius 3 is 1.21 bits per heavy atom. The monoisotopic (exact) mass is 847 g/mol. The maximum Gasteiger partial charge on any atom is 3.00 e. The number of carboxylic acids is 2. The van der Waals surface area contributed by atoms with Crippen LogP contribution in [0.5, 0.6) is 0 Å². The van der Waals surface area contributed by atoms with Crippen molar-refractivity contribution in [1.82, 2.24) is 19.8 Å². The van der Waals surface area contributed by atoms with Crippen LogP contribution in [0.3, 0.4) is 0 Å². The van der Waals surface area contributed by atoms with E-state index in [9.17, 15) is 19.8 Å². The van der Waals surface area contributed by atoms with Gasteiger partial charge in [0.1, 0.15) is 0 Å². The maximum absolute atomic E-state index is 11.1. The molecule has 1 N–H and O–H groups in total. The molecule has 3 heterocycles. The quantitative estimate of drug-likeness (QED) is 0.284. The van der Waals surface area contributed by atoms with Gasteiger partial charge in [-0.2, -0.15) is 0 Å². The van der Waals surface area contributed by atoms with Crippen molar-refractivity contribution < 1.29 is 113 Å². The second-order valence-corrected chi connectivity index (χ2v) is 10.8. The Balaban J connectivity index is 0.00000196. The van der Waals surface area contributed by atoms with E-state index >= 15 is 0 Å². The van der Waals surface area contributed by atoms with Crippen LogP contribution in [-0.2, 0) is 32.0 Å². The topological polar surface area (TPSA) is 262 Å². The molecule has 3 rings (SSSR count). The van der Waals surface area contributed by atoms with E-state index in [1.54, 1.807) is 38.1 Å². The summed E-state index contributed by atoms with van der Waals surface area (Å²) in [6.07, 6.45) is -0.167. The van der Waals surface area contributed by atoms with Crippen molar-refractivity contribution in [3.63, 3.8) is 0 Å². The Kier molecular flexibility index (Phi) is 26.3. The second kappa shape index (κ2) is 27.2. The second-order valence-electron chi connectivity index (χ2n) is 10.1. The van der Waals surface area contributed by atoms with E-state index in [0.717, 1.165) is 0 Å². The number of aliphatic hydroxyl groups is 1. The fourth-order valence-corrected chi connectivity index (χ4v) is 3.78. The summed E-state index contributed by atoms with van der Waals surface area (Å²) in [6, 6.07) is 9.69. The molecule has 48 heavy (non-hydrogen) atoms. The number of aromatic carboxylic acids is 2. The number of hydrogen-bond acceptors (Lipinski definition) is 17. The molecule has 0 aromatic carbocycles. The van der Waals surface area contributed by atoms with Gasteiger partial charge in [0.15, 0.2) is 0 Å². The van der Waals surface area contributed by atoms with Gasteiger partial charge in [0.25, 0.3) is 0 Å². The van der Waals surface area contributed by atoms with Crippen molar-refractivity contribution in [1.29, 1.82) is 0 Å². The Bertz CT molecular complexity index is 1060. The largest absolute Gasteiger partial charge is 3.00 e. The Morgan fingerprint density at radius 1 is 0.688 bits per heavy atom. The minimum absolute atomic E-state index is 0. The van der Waals surface area contributed by atoms with Crippen LogP contribution in [0, 0.1) is 50.2 Å². The Hall–Kier alpha value is -1.59. The molecule has 1 saturated heterocycles. The third-order valence-corrected chi connectivity index (χ3v) is 5.75. The summed E-state index contributed by atoms with van der Waals surface area (Å²) in [4.78, 5) is 34.7. The molecule has 0 spiro atoms. The van der Waals surface area contributed by atoms with Crippen molar-refractivity contribution in [2.24, 2.45) is 0 Å². The smallest absolute Gasteiger partial charge is 0.543 e. The average Bonchev–Trinajstić information content (AvgIpc) is 2.98. The van der Waals surface area contributed by atoms with Gasteiger partial charge in [-0.3, -0.25) is 19.8 Å². The van der Waals surface area contributed by atoms with Gasteiger partial charge < -0.3 is 43.9 Å². The molecule has 1 radical (unpaired) electrons. The molecule has 0 amide bonds. The van der Waals surface area contributed by atoms with Gasteiger partial charge in [-0.1, -0.05) is 12.1 Å². The van der Waals surface area contributed by atoms with Crippen molar-refractivity contribution in [3.05, 3.63) is 59.2 Å². The molecule has 0 saturated carbocycles. The third kappa shape index (κ3) is 26.3. The summed E-state index contributed by atoms with van der Waals surface area (Å²) >= 11 is 0. The van der Waals surface area contributed by atoms with Crippen LogP contribution in [0.1, 0.15) is 46.2 Å². The van der Waals surface area contributed by atoms with Crippen molar-refractivity contribution in [2.75, 3.05) is 79.0 Å². The van der Waals surface area contributed by atoms with Gasteiger partial charge in [-0.15, -0.1) is 10.2 Å². The zero-order valence-corrected chi connectivity index (χ0v) is 29.8. The molecule has 1 fully saturated rings. The number of ether oxygens (including phenoxy) is 4. The van der Waals surface area contributed by atoms with E-state index in [1.807, 2.05) is 0 Å².